The van der Waals surface area contributed by atoms with Crippen LogP contribution in [0.25, 0.3) is 0 Å². The topological polar surface area (TPSA) is 35.9 Å². The molecule has 0 amide bonds. The van der Waals surface area contributed by atoms with Crippen molar-refractivity contribution in [2.24, 2.45) is 0 Å². The monoisotopic (exact) mass is 372 g/mol. The third kappa shape index (κ3) is 6.70. The largest absolute Gasteiger partial charge is 0.388 e. The zero-order valence-electron chi connectivity index (χ0n) is 15.8. The summed E-state index contributed by atoms with van der Waals surface area (Å²) in [4.78, 5) is 4.81. The molecule has 4 nitrogen and oxygen atoms in total. The normalized spacial score (nSPS) is 17.1. The van der Waals surface area contributed by atoms with Crippen LogP contribution in [0.2, 0.25) is 0 Å². The first-order valence-corrected chi connectivity index (χ1v) is 9.70. The van der Waals surface area contributed by atoms with Gasteiger partial charge >= 0.3 is 0 Å². The molecule has 2 aromatic carbocycles. The Kier molecular flexibility index (Phi) is 7.78. The molecule has 0 radical (unpaired) electrons. The molecule has 1 heterocycles. The first-order chi connectivity index (χ1) is 13.2. The van der Waals surface area contributed by atoms with E-state index in [2.05, 4.69) is 21.9 Å². The van der Waals surface area contributed by atoms with Gasteiger partial charge in [-0.15, -0.1) is 0 Å². The van der Waals surface area contributed by atoms with Gasteiger partial charge in [-0.3, -0.25) is 4.90 Å². The van der Waals surface area contributed by atoms with Crippen molar-refractivity contribution >= 4 is 0 Å². The molecule has 5 heteroatoms. The minimum Gasteiger partial charge on any atom is -0.388 e. The van der Waals surface area contributed by atoms with E-state index in [1.807, 2.05) is 18.2 Å². The number of hydrogen-bond donors (Lipinski definition) is 1. The van der Waals surface area contributed by atoms with Crippen molar-refractivity contribution in [2.75, 3.05) is 45.9 Å². The Balaban J connectivity index is 1.28. The predicted octanol–water partition coefficient (Wildman–Crippen LogP) is 3.08. The highest BCUT2D eigenvalue weighted by Crippen LogP contribution is 2.18. The van der Waals surface area contributed by atoms with Gasteiger partial charge in [-0.1, -0.05) is 42.5 Å². The highest BCUT2D eigenvalue weighted by Gasteiger charge is 2.17. The second kappa shape index (κ2) is 10.5. The molecular formula is C22H29FN2O2. The Bertz CT molecular complexity index is 658. The number of ether oxygens (including phenoxy) is 1. The summed E-state index contributed by atoms with van der Waals surface area (Å²) >= 11 is 0. The van der Waals surface area contributed by atoms with E-state index in [0.29, 0.717) is 13.0 Å². The summed E-state index contributed by atoms with van der Waals surface area (Å²) in [6.45, 7) is 7.31. The van der Waals surface area contributed by atoms with Gasteiger partial charge in [-0.05, 0) is 29.7 Å². The van der Waals surface area contributed by atoms with Crippen molar-refractivity contribution in [1.29, 1.82) is 0 Å². The lowest BCUT2D eigenvalue weighted by atomic mass is 10.1. The maximum atomic E-state index is 13.0. The lowest BCUT2D eigenvalue weighted by Gasteiger charge is -2.35. The standard InChI is InChI=1S/C22H29FN2O2/c23-21-8-6-20(7-9-21)22(26)10-11-24-12-14-25(15-13-24)16-17-27-18-19-4-2-1-3-5-19/h1-9,22,26H,10-18H2. The van der Waals surface area contributed by atoms with Gasteiger partial charge in [0.2, 0.25) is 0 Å². The molecule has 0 saturated carbocycles. The van der Waals surface area contributed by atoms with Gasteiger partial charge < -0.3 is 14.7 Å². The summed E-state index contributed by atoms with van der Waals surface area (Å²) in [6.07, 6.45) is 0.140. The summed E-state index contributed by atoms with van der Waals surface area (Å²) < 4.78 is 18.7. The summed E-state index contributed by atoms with van der Waals surface area (Å²) in [5, 5.41) is 10.3. The fourth-order valence-electron chi connectivity index (χ4n) is 3.35. The summed E-state index contributed by atoms with van der Waals surface area (Å²) in [6, 6.07) is 16.4. The van der Waals surface area contributed by atoms with Crippen LogP contribution in [0.5, 0.6) is 0 Å². The molecule has 0 spiro atoms. The van der Waals surface area contributed by atoms with Crippen LogP contribution in [0.4, 0.5) is 4.39 Å². The van der Waals surface area contributed by atoms with E-state index >= 15 is 0 Å². The van der Waals surface area contributed by atoms with E-state index in [4.69, 9.17) is 4.74 Å². The van der Waals surface area contributed by atoms with Gasteiger partial charge in [-0.25, -0.2) is 4.39 Å². The summed E-state index contributed by atoms with van der Waals surface area (Å²) in [5.41, 5.74) is 1.99. The van der Waals surface area contributed by atoms with E-state index in [-0.39, 0.29) is 5.82 Å². The number of aliphatic hydroxyl groups is 1. The molecule has 1 aliphatic heterocycles. The molecule has 0 aromatic heterocycles. The fraction of sp³-hybridized carbons (Fsp3) is 0.455. The van der Waals surface area contributed by atoms with Crippen molar-refractivity contribution in [1.82, 2.24) is 9.80 Å². The molecule has 0 aliphatic carbocycles. The quantitative estimate of drug-likeness (QED) is 0.686. The van der Waals surface area contributed by atoms with E-state index in [1.54, 1.807) is 12.1 Å². The van der Waals surface area contributed by atoms with Crippen molar-refractivity contribution in [2.45, 2.75) is 19.1 Å². The first kappa shape index (κ1) is 20.0. The van der Waals surface area contributed by atoms with Crippen molar-refractivity contribution < 1.29 is 14.2 Å². The molecule has 1 unspecified atom stereocenters. The highest BCUT2D eigenvalue weighted by molar-refractivity contribution is 5.18. The van der Waals surface area contributed by atoms with E-state index in [9.17, 15) is 9.50 Å². The maximum absolute atomic E-state index is 13.0. The predicted molar refractivity (Wildman–Crippen MR) is 105 cm³/mol. The van der Waals surface area contributed by atoms with Gasteiger partial charge in [-0.2, -0.15) is 0 Å². The smallest absolute Gasteiger partial charge is 0.123 e. The molecule has 146 valence electrons. The fourth-order valence-corrected chi connectivity index (χ4v) is 3.35. The highest BCUT2D eigenvalue weighted by atomic mass is 19.1. The minimum absolute atomic E-state index is 0.269. The Morgan fingerprint density at radius 1 is 0.889 bits per heavy atom. The van der Waals surface area contributed by atoms with Crippen LogP contribution in [0.3, 0.4) is 0 Å². The van der Waals surface area contributed by atoms with E-state index < -0.39 is 6.10 Å². The zero-order valence-corrected chi connectivity index (χ0v) is 15.8. The molecule has 2 aromatic rings. The van der Waals surface area contributed by atoms with Gasteiger partial charge in [0.05, 0.1) is 19.3 Å². The van der Waals surface area contributed by atoms with Crippen molar-refractivity contribution in [3.63, 3.8) is 0 Å². The average Bonchev–Trinajstić information content (AvgIpc) is 2.71. The maximum Gasteiger partial charge on any atom is 0.123 e. The molecule has 1 aliphatic rings. The first-order valence-electron chi connectivity index (χ1n) is 9.70. The molecule has 1 atom stereocenters. The second-order valence-corrected chi connectivity index (χ2v) is 7.08. The minimum atomic E-state index is -0.532. The van der Waals surface area contributed by atoms with Gasteiger partial charge in [0.1, 0.15) is 5.82 Å². The molecule has 0 bridgehead atoms. The van der Waals surface area contributed by atoms with Crippen LogP contribution in [0, 0.1) is 5.82 Å². The molecule has 1 N–H and O–H groups in total. The number of hydrogen-bond acceptors (Lipinski definition) is 4. The van der Waals surface area contributed by atoms with Crippen molar-refractivity contribution in [3.05, 3.63) is 71.5 Å². The van der Waals surface area contributed by atoms with Crippen LogP contribution in [0.1, 0.15) is 23.7 Å². The summed E-state index contributed by atoms with van der Waals surface area (Å²) in [7, 11) is 0. The number of halogens is 1. The lowest BCUT2D eigenvalue weighted by Crippen LogP contribution is -2.47. The van der Waals surface area contributed by atoms with Crippen molar-refractivity contribution in [3.8, 4) is 0 Å². The van der Waals surface area contributed by atoms with Crippen LogP contribution in [-0.2, 0) is 11.3 Å². The molecule has 1 saturated heterocycles. The molecule has 3 rings (SSSR count). The average molecular weight is 372 g/mol. The van der Waals surface area contributed by atoms with E-state index in [1.165, 1.54) is 17.7 Å². The van der Waals surface area contributed by atoms with Gasteiger partial charge in [0.25, 0.3) is 0 Å². The van der Waals surface area contributed by atoms with Gasteiger partial charge in [0, 0.05) is 39.3 Å². The Labute approximate surface area is 161 Å². The Morgan fingerprint density at radius 3 is 2.19 bits per heavy atom. The van der Waals surface area contributed by atoms with Crippen LogP contribution in [0.15, 0.2) is 54.6 Å². The SMILES string of the molecule is OC(CCN1CCN(CCOCc2ccccc2)CC1)c1ccc(F)cc1. The van der Waals surface area contributed by atoms with Crippen LogP contribution < -0.4 is 0 Å². The number of nitrogens with zero attached hydrogens (tertiary/aromatic N) is 2. The molecule has 27 heavy (non-hydrogen) atoms. The number of aliphatic hydroxyl groups excluding tert-OH is 1. The molecular weight excluding hydrogens is 343 g/mol. The zero-order chi connectivity index (χ0) is 18.9. The third-order valence-corrected chi connectivity index (χ3v) is 5.10. The van der Waals surface area contributed by atoms with Crippen LogP contribution >= 0.6 is 0 Å². The van der Waals surface area contributed by atoms with Crippen LogP contribution in [-0.4, -0.2) is 60.8 Å². The number of piperazine rings is 1. The Morgan fingerprint density at radius 2 is 1.52 bits per heavy atom. The number of rotatable bonds is 9. The Hall–Kier alpha value is -1.79. The van der Waals surface area contributed by atoms with Gasteiger partial charge in [0.15, 0.2) is 0 Å². The number of benzene rings is 2. The van der Waals surface area contributed by atoms with E-state index in [0.717, 1.165) is 51.4 Å². The third-order valence-electron chi connectivity index (χ3n) is 5.10. The lowest BCUT2D eigenvalue weighted by molar-refractivity contribution is 0.0628. The summed E-state index contributed by atoms with van der Waals surface area (Å²) in [5.74, 6) is -0.269. The second-order valence-electron chi connectivity index (χ2n) is 7.08. The molecule has 1 fully saturated rings.